The van der Waals surface area contributed by atoms with Gasteiger partial charge in [-0.15, -0.1) is 0 Å². The van der Waals surface area contributed by atoms with Crippen molar-refractivity contribution >= 4 is 17.9 Å². The number of pyridine rings is 1. The van der Waals surface area contributed by atoms with Crippen molar-refractivity contribution in [1.29, 1.82) is 0 Å². The number of anilines is 1. The van der Waals surface area contributed by atoms with E-state index in [0.29, 0.717) is 0 Å². The normalized spacial score (nSPS) is 21.5. The van der Waals surface area contributed by atoms with Crippen LogP contribution in [0.3, 0.4) is 0 Å². The minimum atomic E-state index is -0.790. The Labute approximate surface area is 240 Å². The number of hydrogen-bond donors (Lipinski definition) is 1. The van der Waals surface area contributed by atoms with E-state index in [0.717, 1.165) is 88.6 Å². The quantitative estimate of drug-likeness (QED) is 0.355. The molecule has 214 valence electrons. The highest BCUT2D eigenvalue weighted by Crippen LogP contribution is 2.44. The molecule has 8 nitrogen and oxygen atoms in total. The maximum Gasteiger partial charge on any atom is 0.411 e. The average Bonchev–Trinajstić information content (AvgIpc) is 3.41. The molecule has 0 unspecified atom stereocenters. The monoisotopic (exact) mass is 555 g/mol. The Kier molecular flexibility index (Phi) is 7.09. The lowest BCUT2D eigenvalue weighted by atomic mass is 9.92. The van der Waals surface area contributed by atoms with Gasteiger partial charge in [-0.2, -0.15) is 0 Å². The number of carboxylic acids is 1. The van der Waals surface area contributed by atoms with Crippen molar-refractivity contribution in [2.24, 2.45) is 0 Å². The van der Waals surface area contributed by atoms with E-state index in [1.165, 1.54) is 0 Å². The van der Waals surface area contributed by atoms with Crippen molar-refractivity contribution in [2.45, 2.75) is 71.1 Å². The molecule has 6 rings (SSSR count). The maximum atomic E-state index is 13.3. The van der Waals surface area contributed by atoms with Gasteiger partial charge in [0.1, 0.15) is 17.7 Å². The third kappa shape index (κ3) is 5.11. The highest BCUT2D eigenvalue weighted by atomic mass is 16.6. The van der Waals surface area contributed by atoms with Gasteiger partial charge in [0.25, 0.3) is 0 Å². The van der Waals surface area contributed by atoms with Crippen LogP contribution in [0.2, 0.25) is 0 Å². The van der Waals surface area contributed by atoms with E-state index in [2.05, 4.69) is 49.1 Å². The Morgan fingerprint density at radius 1 is 1.10 bits per heavy atom. The number of cyclic esters (lactones) is 1. The summed E-state index contributed by atoms with van der Waals surface area (Å²) in [7, 11) is 1.66. The van der Waals surface area contributed by atoms with Crippen LogP contribution in [0.15, 0.2) is 42.5 Å². The zero-order valence-electron chi connectivity index (χ0n) is 24.1. The number of nitrogens with zero attached hydrogens (tertiary/aromatic N) is 3. The number of aliphatic carboxylic acids is 1. The van der Waals surface area contributed by atoms with E-state index >= 15 is 0 Å². The molecule has 2 fully saturated rings. The van der Waals surface area contributed by atoms with Gasteiger partial charge in [0.15, 0.2) is 0 Å². The van der Waals surface area contributed by atoms with Gasteiger partial charge in [-0.1, -0.05) is 29.3 Å². The van der Waals surface area contributed by atoms with E-state index in [1.54, 1.807) is 12.0 Å². The Balaban J connectivity index is 1.39. The molecule has 0 spiro atoms. The molecule has 0 radical (unpaired) electrons. The molecule has 0 saturated carbocycles. The Bertz CT molecular complexity index is 1490. The lowest BCUT2D eigenvalue weighted by Crippen LogP contribution is -2.38. The molecule has 1 aliphatic carbocycles. The summed E-state index contributed by atoms with van der Waals surface area (Å²) in [4.78, 5) is 33.9. The summed E-state index contributed by atoms with van der Waals surface area (Å²) in [5.74, 6) is 0.798. The summed E-state index contributed by atoms with van der Waals surface area (Å²) in [6.45, 7) is 8.34. The van der Waals surface area contributed by atoms with Crippen molar-refractivity contribution in [2.75, 3.05) is 25.1 Å². The number of benzene rings is 2. The highest BCUT2D eigenvalue weighted by Gasteiger charge is 2.40. The number of hydrogen-bond acceptors (Lipinski definition) is 6. The molecular weight excluding hydrogens is 518 g/mol. The molecule has 1 aromatic heterocycles. The predicted octanol–water partition coefficient (Wildman–Crippen LogP) is 6.17. The Morgan fingerprint density at radius 3 is 2.51 bits per heavy atom. The molecule has 41 heavy (non-hydrogen) atoms. The predicted molar refractivity (Wildman–Crippen MR) is 157 cm³/mol. The second-order valence-corrected chi connectivity index (χ2v) is 11.7. The molecule has 1 N–H and O–H groups in total. The first-order valence-electron chi connectivity index (χ1n) is 14.4. The number of methoxy groups -OCH3 is 1. The molecule has 1 amide bonds. The number of aromatic nitrogens is 1. The van der Waals surface area contributed by atoms with E-state index in [9.17, 15) is 14.7 Å². The van der Waals surface area contributed by atoms with Crippen LogP contribution in [0.1, 0.15) is 71.7 Å². The molecule has 3 atom stereocenters. The first kappa shape index (κ1) is 27.1. The first-order valence-corrected chi connectivity index (χ1v) is 14.4. The van der Waals surface area contributed by atoms with E-state index in [4.69, 9.17) is 14.5 Å². The second kappa shape index (κ2) is 10.7. The molecule has 3 aromatic rings. The average molecular weight is 556 g/mol. The Morgan fingerprint density at radius 2 is 1.85 bits per heavy atom. The van der Waals surface area contributed by atoms with Crippen LogP contribution in [0.25, 0.3) is 11.1 Å². The molecule has 2 aliphatic heterocycles. The summed E-state index contributed by atoms with van der Waals surface area (Å²) in [6.07, 6.45) is 2.16. The van der Waals surface area contributed by atoms with Gasteiger partial charge >= 0.3 is 12.1 Å². The van der Waals surface area contributed by atoms with Crippen LogP contribution < -0.4 is 9.64 Å². The molecule has 2 saturated heterocycles. The third-order valence-electron chi connectivity index (χ3n) is 8.80. The van der Waals surface area contributed by atoms with Crippen LogP contribution >= 0.6 is 0 Å². The topological polar surface area (TPSA) is 92.2 Å². The summed E-state index contributed by atoms with van der Waals surface area (Å²) >= 11 is 0. The molecule has 0 bridgehead atoms. The zero-order valence-corrected chi connectivity index (χ0v) is 24.1. The summed E-state index contributed by atoms with van der Waals surface area (Å²) in [6, 6.07) is 14.3. The molecule has 3 aliphatic rings. The van der Waals surface area contributed by atoms with Crippen LogP contribution in [-0.2, 0) is 22.5 Å². The van der Waals surface area contributed by atoms with Gasteiger partial charge in [-0.25, -0.2) is 9.78 Å². The fourth-order valence-electron chi connectivity index (χ4n) is 6.59. The van der Waals surface area contributed by atoms with Gasteiger partial charge in [0, 0.05) is 24.2 Å². The molecule has 8 heteroatoms. The number of carboxylic acid groups (broad SMARTS) is 1. The van der Waals surface area contributed by atoms with Crippen LogP contribution in [0, 0.1) is 13.8 Å². The van der Waals surface area contributed by atoms with Gasteiger partial charge in [0.2, 0.25) is 0 Å². The molecule has 3 heterocycles. The van der Waals surface area contributed by atoms with Crippen molar-refractivity contribution in [3.63, 3.8) is 0 Å². The zero-order chi connectivity index (χ0) is 28.8. The standard InChI is InChI=1S/C33H37N3O5/c1-19-12-20(2)14-24(13-19)32-21(3)36(33(39)41-32)18-28-25(8-9-30(34-28)35-10-5-11-35)27-17-26-22(15-29(27)40-4)6-7-23(26)16-31(37)38/h8-9,12-15,17,21,23,32H,5-7,10-11,16,18H2,1-4H3,(H,37,38)/t21-,23-,32-/m0/s1. The highest BCUT2D eigenvalue weighted by molar-refractivity contribution is 5.77. The minimum Gasteiger partial charge on any atom is -0.496 e. The second-order valence-electron chi connectivity index (χ2n) is 11.7. The van der Waals surface area contributed by atoms with Crippen molar-refractivity contribution in [3.8, 4) is 16.9 Å². The van der Waals surface area contributed by atoms with Gasteiger partial charge in [-0.3, -0.25) is 9.69 Å². The maximum absolute atomic E-state index is 13.3. The first-order chi connectivity index (χ1) is 19.7. The van der Waals surface area contributed by atoms with E-state index < -0.39 is 5.97 Å². The van der Waals surface area contributed by atoms with Crippen molar-refractivity contribution in [3.05, 3.63) is 76.0 Å². The number of fused-ring (bicyclic) bond motifs is 1. The summed E-state index contributed by atoms with van der Waals surface area (Å²) in [5, 5.41) is 9.50. The summed E-state index contributed by atoms with van der Waals surface area (Å²) < 4.78 is 11.8. The lowest BCUT2D eigenvalue weighted by Gasteiger charge is -2.33. The third-order valence-corrected chi connectivity index (χ3v) is 8.80. The number of carbonyl (C=O) groups is 2. The fraction of sp³-hybridized carbons (Fsp3) is 0.424. The number of amides is 1. The van der Waals surface area contributed by atoms with E-state index in [1.807, 2.05) is 19.1 Å². The van der Waals surface area contributed by atoms with Crippen molar-refractivity contribution < 1.29 is 24.2 Å². The SMILES string of the molecule is COc1cc2c(cc1-c1ccc(N3CCC3)nc1CN1C(=O)O[C@H](c3cc(C)cc(C)c3)[C@@H]1C)[C@H](CC(=O)O)CC2. The minimum absolute atomic E-state index is 0.0314. The number of aryl methyl sites for hydroxylation is 3. The van der Waals surface area contributed by atoms with Crippen LogP contribution in [0.4, 0.5) is 10.6 Å². The molecule has 2 aromatic carbocycles. The van der Waals surface area contributed by atoms with Gasteiger partial charge in [-0.05, 0) is 86.9 Å². The lowest BCUT2D eigenvalue weighted by molar-refractivity contribution is -0.137. The van der Waals surface area contributed by atoms with Crippen molar-refractivity contribution in [1.82, 2.24) is 9.88 Å². The van der Waals surface area contributed by atoms with Crippen LogP contribution in [0.5, 0.6) is 5.75 Å². The van der Waals surface area contributed by atoms with E-state index in [-0.39, 0.29) is 37.1 Å². The largest absolute Gasteiger partial charge is 0.496 e. The molecular formula is C33H37N3O5. The Hall–Kier alpha value is -4.07. The summed E-state index contributed by atoms with van der Waals surface area (Å²) in [5.41, 5.74) is 7.98. The van der Waals surface area contributed by atoms with Crippen LogP contribution in [-0.4, -0.2) is 53.3 Å². The smallest absolute Gasteiger partial charge is 0.411 e. The number of carbonyl (C=O) groups excluding carboxylic acids is 1. The van der Waals surface area contributed by atoms with Gasteiger partial charge in [0.05, 0.1) is 31.8 Å². The van der Waals surface area contributed by atoms with Gasteiger partial charge < -0.3 is 19.5 Å². The fourth-order valence-corrected chi connectivity index (χ4v) is 6.59. The number of ether oxygens (including phenoxy) is 2. The number of rotatable bonds is 8.